The number of nitrogens with zero attached hydrogens (tertiary/aromatic N) is 4. The largest absolute Gasteiger partial charge is 0.434 e. The van der Waals surface area contributed by atoms with E-state index in [0.29, 0.717) is 15.7 Å². The maximum atomic E-state index is 14.0. The van der Waals surface area contributed by atoms with E-state index < -0.39 is 28.9 Å². The Bertz CT molecular complexity index is 1550. The summed E-state index contributed by atoms with van der Waals surface area (Å²) in [7, 11) is 0. The molecule has 0 radical (unpaired) electrons. The summed E-state index contributed by atoms with van der Waals surface area (Å²) in [5.41, 5.74) is -1.44. The Balaban J connectivity index is 1.61. The minimum absolute atomic E-state index is 0.00932. The van der Waals surface area contributed by atoms with Gasteiger partial charge in [-0.1, -0.05) is 6.07 Å². The molecule has 0 atom stereocenters. The summed E-state index contributed by atoms with van der Waals surface area (Å²) in [6.07, 6.45) is -2.75. The van der Waals surface area contributed by atoms with Crippen LogP contribution in [-0.2, 0) is 6.18 Å². The molecule has 32 heavy (non-hydrogen) atoms. The molecule has 0 fully saturated rings. The van der Waals surface area contributed by atoms with E-state index >= 15 is 0 Å². The summed E-state index contributed by atoms with van der Waals surface area (Å²) in [5, 5.41) is 13.9. The molecule has 3 aromatic heterocycles. The lowest BCUT2D eigenvalue weighted by Crippen LogP contribution is -2.21. The first kappa shape index (κ1) is 19.5. The zero-order chi connectivity index (χ0) is 22.5. The highest BCUT2D eigenvalue weighted by Crippen LogP contribution is 2.35. The molecule has 3 heterocycles. The van der Waals surface area contributed by atoms with Crippen LogP contribution >= 0.6 is 0 Å². The van der Waals surface area contributed by atoms with Crippen molar-refractivity contribution in [3.8, 4) is 5.69 Å². The van der Waals surface area contributed by atoms with Gasteiger partial charge >= 0.3 is 6.18 Å². The van der Waals surface area contributed by atoms with Gasteiger partial charge in [-0.3, -0.25) is 9.59 Å². The zero-order valence-electron chi connectivity index (χ0n) is 15.8. The number of amides is 1. The number of carbonyl (C=O) groups is 1. The van der Waals surface area contributed by atoms with Crippen LogP contribution in [0.5, 0.6) is 0 Å². The van der Waals surface area contributed by atoms with Crippen LogP contribution in [0.15, 0.2) is 64.3 Å². The number of rotatable bonds is 3. The Morgan fingerprint density at radius 2 is 1.88 bits per heavy atom. The van der Waals surface area contributed by atoms with Gasteiger partial charge in [0.1, 0.15) is 11.0 Å². The van der Waals surface area contributed by atoms with E-state index in [0.717, 1.165) is 6.20 Å². The average molecular weight is 440 g/mol. The number of nitrogens with one attached hydrogen (secondary N) is 2. The lowest BCUT2D eigenvalue weighted by Gasteiger charge is -2.14. The number of pyridine rings is 1. The fourth-order valence-corrected chi connectivity index (χ4v) is 3.42. The number of anilines is 1. The molecule has 5 aromatic rings. The molecule has 0 bridgehead atoms. The van der Waals surface area contributed by atoms with Gasteiger partial charge in [-0.25, -0.2) is 9.31 Å². The molecule has 2 N–H and O–H groups in total. The van der Waals surface area contributed by atoms with Crippen molar-refractivity contribution >= 4 is 33.4 Å². The Kier molecular flexibility index (Phi) is 4.29. The van der Waals surface area contributed by atoms with E-state index in [-0.39, 0.29) is 22.1 Å². The van der Waals surface area contributed by atoms with Crippen LogP contribution < -0.4 is 10.9 Å². The molecule has 0 saturated heterocycles. The normalized spacial score (nSPS) is 11.8. The number of hydrogen-bond donors (Lipinski definition) is 2. The number of fused-ring (bicyclic) bond motifs is 2. The van der Waals surface area contributed by atoms with Crippen molar-refractivity contribution in [1.82, 2.24) is 25.1 Å². The standard InChI is InChI=1S/C20H11F3N6O3/c21-20(22,23)17-13(19(31)26-10-4-5-14-15(8-10)28-32-27-14)9-25-29(17)16-3-1-2-12-11(16)6-7-24-18(12)30/h1-9H,(H,24,30)(H,26,31). The second kappa shape index (κ2) is 7.04. The van der Waals surface area contributed by atoms with E-state index in [4.69, 9.17) is 0 Å². The van der Waals surface area contributed by atoms with Gasteiger partial charge in [0.05, 0.1) is 17.4 Å². The number of aromatic nitrogens is 5. The van der Waals surface area contributed by atoms with Gasteiger partial charge in [-0.15, -0.1) is 0 Å². The molecule has 12 heteroatoms. The molecule has 0 aliphatic carbocycles. The fraction of sp³-hybridized carbons (Fsp3) is 0.0500. The first-order valence-corrected chi connectivity index (χ1v) is 9.12. The number of benzene rings is 2. The molecule has 2 aromatic carbocycles. The third kappa shape index (κ3) is 3.17. The summed E-state index contributed by atoms with van der Waals surface area (Å²) in [5.74, 6) is -1.02. The number of alkyl halides is 3. The van der Waals surface area contributed by atoms with Gasteiger partial charge in [-0.05, 0) is 46.7 Å². The quantitative estimate of drug-likeness (QED) is 0.443. The predicted octanol–water partition coefficient (Wildman–Crippen LogP) is 3.52. The maximum Gasteiger partial charge on any atom is 0.434 e. The van der Waals surface area contributed by atoms with Crippen molar-refractivity contribution in [3.05, 3.63) is 76.5 Å². The molecule has 160 valence electrons. The number of aromatic amines is 1. The lowest BCUT2D eigenvalue weighted by molar-refractivity contribution is -0.143. The van der Waals surface area contributed by atoms with Crippen molar-refractivity contribution in [3.63, 3.8) is 0 Å². The molecule has 1 amide bonds. The SMILES string of the molecule is O=C(Nc1ccc2nonc2c1)c1cnn(-c2cccc3c(=O)[nH]ccc23)c1C(F)(F)F. The Morgan fingerprint density at radius 1 is 1.06 bits per heavy atom. The van der Waals surface area contributed by atoms with Crippen LogP contribution in [-0.4, -0.2) is 31.0 Å². The number of halogens is 3. The average Bonchev–Trinajstić information content (AvgIpc) is 3.40. The molecular weight excluding hydrogens is 429 g/mol. The van der Waals surface area contributed by atoms with E-state index in [1.54, 1.807) is 0 Å². The number of hydrogen-bond acceptors (Lipinski definition) is 6. The minimum atomic E-state index is -4.91. The summed E-state index contributed by atoms with van der Waals surface area (Å²) in [6.45, 7) is 0. The summed E-state index contributed by atoms with van der Waals surface area (Å²) in [4.78, 5) is 27.3. The third-order valence-electron chi connectivity index (χ3n) is 4.81. The van der Waals surface area contributed by atoms with E-state index in [2.05, 4.69) is 30.3 Å². The number of H-pyrrole nitrogens is 1. The van der Waals surface area contributed by atoms with Crippen molar-refractivity contribution in [1.29, 1.82) is 0 Å². The molecule has 0 aliphatic rings. The molecule has 0 saturated carbocycles. The summed E-state index contributed by atoms with van der Waals surface area (Å²) >= 11 is 0. The summed E-state index contributed by atoms with van der Waals surface area (Å²) < 4.78 is 47.3. The first-order valence-electron chi connectivity index (χ1n) is 9.12. The second-order valence-electron chi connectivity index (χ2n) is 6.78. The van der Waals surface area contributed by atoms with Crippen LogP contribution in [0.2, 0.25) is 0 Å². The zero-order valence-corrected chi connectivity index (χ0v) is 15.8. The van der Waals surface area contributed by atoms with Crippen molar-refractivity contribution < 1.29 is 22.6 Å². The van der Waals surface area contributed by atoms with Crippen LogP contribution in [0.3, 0.4) is 0 Å². The minimum Gasteiger partial charge on any atom is -0.329 e. The molecule has 9 nitrogen and oxygen atoms in total. The lowest BCUT2D eigenvalue weighted by atomic mass is 10.1. The first-order chi connectivity index (χ1) is 15.3. The van der Waals surface area contributed by atoms with Gasteiger partial charge < -0.3 is 10.3 Å². The van der Waals surface area contributed by atoms with E-state index in [1.165, 1.54) is 48.7 Å². The van der Waals surface area contributed by atoms with Crippen molar-refractivity contribution in [2.24, 2.45) is 0 Å². The van der Waals surface area contributed by atoms with Crippen LogP contribution in [0.1, 0.15) is 16.1 Å². The smallest absolute Gasteiger partial charge is 0.329 e. The Labute approximate surface area is 175 Å². The van der Waals surface area contributed by atoms with Gasteiger partial charge in [0.25, 0.3) is 11.5 Å². The van der Waals surface area contributed by atoms with Crippen molar-refractivity contribution in [2.75, 3.05) is 5.32 Å². The Hall–Kier alpha value is -4.48. The van der Waals surface area contributed by atoms with Crippen LogP contribution in [0.25, 0.3) is 27.5 Å². The molecule has 0 spiro atoms. The Morgan fingerprint density at radius 3 is 2.69 bits per heavy atom. The maximum absolute atomic E-state index is 14.0. The highest BCUT2D eigenvalue weighted by atomic mass is 19.4. The monoisotopic (exact) mass is 440 g/mol. The second-order valence-corrected chi connectivity index (χ2v) is 6.78. The van der Waals surface area contributed by atoms with E-state index in [1.807, 2.05) is 0 Å². The van der Waals surface area contributed by atoms with Gasteiger partial charge in [0.15, 0.2) is 5.69 Å². The number of carbonyl (C=O) groups excluding carboxylic acids is 1. The molecule has 0 aliphatic heterocycles. The predicted molar refractivity (Wildman–Crippen MR) is 106 cm³/mol. The highest BCUT2D eigenvalue weighted by Gasteiger charge is 2.41. The molecule has 5 rings (SSSR count). The molecular formula is C20H11F3N6O3. The topological polar surface area (TPSA) is 119 Å². The third-order valence-corrected chi connectivity index (χ3v) is 4.81. The van der Waals surface area contributed by atoms with Gasteiger partial charge in [0, 0.05) is 22.7 Å². The van der Waals surface area contributed by atoms with Crippen LogP contribution in [0.4, 0.5) is 18.9 Å². The molecule has 0 unspecified atom stereocenters. The van der Waals surface area contributed by atoms with Crippen LogP contribution in [0, 0.1) is 0 Å². The highest BCUT2D eigenvalue weighted by molar-refractivity contribution is 6.06. The fourth-order valence-electron chi connectivity index (χ4n) is 3.42. The van der Waals surface area contributed by atoms with Gasteiger partial charge in [-0.2, -0.15) is 18.3 Å². The summed E-state index contributed by atoms with van der Waals surface area (Å²) in [6, 6.07) is 10.2. The van der Waals surface area contributed by atoms with Crippen molar-refractivity contribution in [2.45, 2.75) is 6.18 Å². The van der Waals surface area contributed by atoms with E-state index in [9.17, 15) is 22.8 Å². The van der Waals surface area contributed by atoms with Gasteiger partial charge in [0.2, 0.25) is 0 Å².